The van der Waals surface area contributed by atoms with Gasteiger partial charge in [0.1, 0.15) is 12.4 Å². The normalized spacial score (nSPS) is 15.5. The molecule has 190 valence electrons. The number of aromatic nitrogens is 3. The zero-order valence-electron chi connectivity index (χ0n) is 20.8. The summed E-state index contributed by atoms with van der Waals surface area (Å²) >= 11 is 1.24. The molecule has 0 aliphatic carbocycles. The van der Waals surface area contributed by atoms with Gasteiger partial charge in [-0.25, -0.2) is 9.55 Å². The summed E-state index contributed by atoms with van der Waals surface area (Å²) in [6.07, 6.45) is 6.12. The number of aliphatic hydroxyl groups is 1. The molecule has 3 heterocycles. The Bertz CT molecular complexity index is 1290. The largest absolute Gasteiger partial charge is 0.503 e. The molecule has 2 aromatic heterocycles. The quantitative estimate of drug-likeness (QED) is 0.316. The summed E-state index contributed by atoms with van der Waals surface area (Å²) in [5, 5.41) is 11.7. The number of nitrogens with zero attached hydrogens (tertiary/aromatic N) is 3. The number of aryl methyl sites for hydroxylation is 3. The average Bonchev–Trinajstić information content (AvgIpc) is 3.57. The summed E-state index contributed by atoms with van der Waals surface area (Å²) in [4.78, 5) is 36.3. The summed E-state index contributed by atoms with van der Waals surface area (Å²) in [7, 11) is 4.49. The molecule has 0 spiro atoms. The number of carbonyl (C=O) groups excluding carboxylic acids is 2. The number of amides is 1. The van der Waals surface area contributed by atoms with Gasteiger partial charge in [-0.05, 0) is 31.5 Å². The number of hydrogen-bond donors (Lipinski definition) is 2. The lowest BCUT2D eigenvalue weighted by Crippen LogP contribution is -2.36. The predicted octanol–water partition coefficient (Wildman–Crippen LogP) is 3.07. The van der Waals surface area contributed by atoms with Crippen LogP contribution in [-0.2, 0) is 11.3 Å². The first kappa shape index (κ1) is 25.2. The number of aliphatic hydroxyl groups excluding tert-OH is 1. The van der Waals surface area contributed by atoms with Gasteiger partial charge >= 0.3 is 0 Å². The van der Waals surface area contributed by atoms with Gasteiger partial charge in [0, 0.05) is 13.0 Å². The Morgan fingerprint density at radius 3 is 2.42 bits per heavy atom. The highest BCUT2D eigenvalue weighted by molar-refractivity contribution is 7.14. The van der Waals surface area contributed by atoms with E-state index in [0.717, 1.165) is 5.01 Å². The van der Waals surface area contributed by atoms with E-state index in [4.69, 9.17) is 14.2 Å². The number of nitrogens with one attached hydrogen (secondary N) is 1. The second-order valence-corrected chi connectivity index (χ2v) is 9.50. The number of hydrogen-bond acceptors (Lipinski definition) is 8. The van der Waals surface area contributed by atoms with Gasteiger partial charge in [-0.1, -0.05) is 0 Å². The van der Waals surface area contributed by atoms with Crippen molar-refractivity contribution in [3.05, 3.63) is 63.3 Å². The third kappa shape index (κ3) is 4.53. The van der Waals surface area contributed by atoms with Gasteiger partial charge in [-0.2, -0.15) is 0 Å². The van der Waals surface area contributed by atoms with Crippen molar-refractivity contribution >= 4 is 23.0 Å². The lowest BCUT2D eigenvalue weighted by molar-refractivity contribution is -0.695. The molecule has 0 fully saturated rings. The van der Waals surface area contributed by atoms with Gasteiger partial charge in [0.15, 0.2) is 17.3 Å². The molecule has 0 bridgehead atoms. The van der Waals surface area contributed by atoms with Crippen LogP contribution in [0.2, 0.25) is 0 Å². The van der Waals surface area contributed by atoms with Crippen molar-refractivity contribution in [2.45, 2.75) is 32.9 Å². The highest BCUT2D eigenvalue weighted by atomic mass is 32.1. The maximum atomic E-state index is 13.7. The monoisotopic (exact) mass is 513 g/mol. The van der Waals surface area contributed by atoms with Gasteiger partial charge in [0.2, 0.25) is 17.9 Å². The van der Waals surface area contributed by atoms with Crippen molar-refractivity contribution in [3.63, 3.8) is 0 Å². The second-order valence-electron chi connectivity index (χ2n) is 8.30. The number of H-pyrrole nitrogens is 1. The highest BCUT2D eigenvalue weighted by Crippen LogP contribution is 2.46. The molecule has 3 aromatic rings. The van der Waals surface area contributed by atoms with E-state index in [1.165, 1.54) is 37.6 Å². The number of ketones is 1. The van der Waals surface area contributed by atoms with E-state index >= 15 is 0 Å². The maximum Gasteiger partial charge on any atom is 0.290 e. The van der Waals surface area contributed by atoms with Crippen LogP contribution in [0.1, 0.15) is 38.4 Å². The fraction of sp³-hybridized carbons (Fsp3) is 0.360. The van der Waals surface area contributed by atoms with E-state index < -0.39 is 23.5 Å². The topological polar surface area (TPSA) is 118 Å². The number of carbonyl (C=O) groups is 2. The van der Waals surface area contributed by atoms with Crippen molar-refractivity contribution in [2.75, 3.05) is 27.9 Å². The molecule has 1 unspecified atom stereocenters. The minimum absolute atomic E-state index is 0.00956. The van der Waals surface area contributed by atoms with Gasteiger partial charge < -0.3 is 24.2 Å². The Morgan fingerprint density at radius 2 is 1.89 bits per heavy atom. The van der Waals surface area contributed by atoms with Crippen LogP contribution in [0.4, 0.5) is 0 Å². The zero-order valence-corrected chi connectivity index (χ0v) is 21.6. The third-order valence-corrected chi connectivity index (χ3v) is 7.15. The molecular weight excluding hydrogens is 484 g/mol. The second kappa shape index (κ2) is 10.4. The Hall–Kier alpha value is -3.86. The molecule has 36 heavy (non-hydrogen) atoms. The first-order chi connectivity index (χ1) is 17.3. The van der Waals surface area contributed by atoms with Crippen LogP contribution in [0.3, 0.4) is 0 Å². The van der Waals surface area contributed by atoms with Crippen LogP contribution >= 0.6 is 11.3 Å². The Kier molecular flexibility index (Phi) is 7.30. The molecule has 0 radical (unpaired) electrons. The van der Waals surface area contributed by atoms with E-state index in [0.29, 0.717) is 52.9 Å². The predicted molar refractivity (Wildman–Crippen MR) is 132 cm³/mol. The third-order valence-electron chi connectivity index (χ3n) is 6.08. The van der Waals surface area contributed by atoms with Crippen LogP contribution in [0, 0.1) is 13.8 Å². The Labute approximate surface area is 212 Å². The van der Waals surface area contributed by atoms with Crippen molar-refractivity contribution < 1.29 is 33.5 Å². The lowest BCUT2D eigenvalue weighted by Gasteiger charge is -2.27. The van der Waals surface area contributed by atoms with E-state index in [1.54, 1.807) is 19.1 Å². The molecule has 1 amide bonds. The van der Waals surface area contributed by atoms with Gasteiger partial charge in [-0.15, -0.1) is 11.3 Å². The molecule has 10 nitrogen and oxygen atoms in total. The average molecular weight is 514 g/mol. The number of thiazole rings is 1. The molecule has 4 rings (SSSR count). The number of methoxy groups -OCH3 is 3. The number of imidazole rings is 1. The van der Waals surface area contributed by atoms with Crippen LogP contribution in [0.15, 0.2) is 42.2 Å². The maximum absolute atomic E-state index is 13.7. The van der Waals surface area contributed by atoms with Crippen LogP contribution in [0.5, 0.6) is 17.2 Å². The molecule has 2 N–H and O–H groups in total. The minimum Gasteiger partial charge on any atom is -0.503 e. The number of Topliss-reactive ketones (excluding diaryl/α,β-unsaturated/α-hetero) is 1. The van der Waals surface area contributed by atoms with Crippen LogP contribution in [-0.4, -0.2) is 59.5 Å². The van der Waals surface area contributed by atoms with E-state index in [2.05, 4.69) is 9.97 Å². The first-order valence-electron chi connectivity index (χ1n) is 11.3. The van der Waals surface area contributed by atoms with Crippen molar-refractivity contribution in [1.82, 2.24) is 14.9 Å². The number of aromatic amines is 1. The summed E-state index contributed by atoms with van der Waals surface area (Å²) in [5.41, 5.74) is 1.12. The minimum atomic E-state index is -0.850. The Balaban J connectivity index is 1.80. The van der Waals surface area contributed by atoms with E-state index in [9.17, 15) is 14.7 Å². The fourth-order valence-corrected chi connectivity index (χ4v) is 5.34. The van der Waals surface area contributed by atoms with E-state index in [-0.39, 0.29) is 5.57 Å². The van der Waals surface area contributed by atoms with E-state index in [1.807, 2.05) is 30.2 Å². The zero-order chi connectivity index (χ0) is 26.0. The summed E-state index contributed by atoms with van der Waals surface area (Å²) in [6, 6.07) is 2.55. The Morgan fingerprint density at radius 1 is 1.19 bits per heavy atom. The summed E-state index contributed by atoms with van der Waals surface area (Å²) in [5.74, 6) is -0.437. The SMILES string of the molecule is COc1cc(C2C(C(=O)c3sc(C)nc3C)=C(O)C(=O)N2CCC[n+]2cc[nH]c2)cc(OC)c1OC. The van der Waals surface area contributed by atoms with Crippen LogP contribution in [0.25, 0.3) is 0 Å². The van der Waals surface area contributed by atoms with Gasteiger partial charge in [0.25, 0.3) is 5.91 Å². The molecule has 1 aromatic carbocycles. The number of benzene rings is 1. The van der Waals surface area contributed by atoms with Gasteiger partial charge in [-0.3, -0.25) is 14.6 Å². The first-order valence-corrected chi connectivity index (χ1v) is 12.2. The van der Waals surface area contributed by atoms with Crippen molar-refractivity contribution in [2.24, 2.45) is 0 Å². The standard InChI is InChI=1S/C25H28N4O6S/c1-14-24(36-15(2)27-14)21(30)19-20(16-11-17(33-3)23(35-5)18(12-16)34-4)29(25(32)22(19)31)9-6-8-28-10-7-26-13-28/h7,10-13,20H,6,8-9H2,1-5H3,(H,30,31)/p+1. The summed E-state index contributed by atoms with van der Waals surface area (Å²) in [6.45, 7) is 4.50. The van der Waals surface area contributed by atoms with Crippen molar-refractivity contribution in [3.8, 4) is 17.2 Å². The smallest absolute Gasteiger partial charge is 0.290 e. The molecule has 0 saturated carbocycles. The molecule has 1 aliphatic heterocycles. The lowest BCUT2D eigenvalue weighted by atomic mass is 9.94. The van der Waals surface area contributed by atoms with Gasteiger partial charge in [0.05, 0.1) is 55.1 Å². The molecule has 1 atom stereocenters. The van der Waals surface area contributed by atoms with Crippen LogP contribution < -0.4 is 18.8 Å². The summed E-state index contributed by atoms with van der Waals surface area (Å²) < 4.78 is 18.4. The molecule has 0 saturated heterocycles. The molecule has 1 aliphatic rings. The molecular formula is C25H29N4O6S+. The highest BCUT2D eigenvalue weighted by Gasteiger charge is 2.45. The van der Waals surface area contributed by atoms with Crippen molar-refractivity contribution in [1.29, 1.82) is 0 Å². The molecule has 11 heteroatoms. The fourth-order valence-electron chi connectivity index (χ4n) is 4.47. The number of rotatable bonds is 10. The number of ether oxygens (including phenoxy) is 3.